The zero-order chi connectivity index (χ0) is 14.7. The van der Waals surface area contributed by atoms with Crippen molar-refractivity contribution in [2.24, 2.45) is 0 Å². The predicted octanol–water partition coefficient (Wildman–Crippen LogP) is 4.24. The summed E-state index contributed by atoms with van der Waals surface area (Å²) in [6.45, 7) is 6.61. The van der Waals surface area contributed by atoms with E-state index >= 15 is 0 Å². The maximum atomic E-state index is 14.1. The second-order valence-corrected chi connectivity index (χ2v) is 4.91. The second-order valence-electron chi connectivity index (χ2n) is 4.47. The second kappa shape index (κ2) is 6.18. The maximum Gasteiger partial charge on any atom is 0.134 e. The van der Waals surface area contributed by atoms with Crippen LogP contribution in [0.1, 0.15) is 25.2 Å². The molecule has 2 rings (SSSR count). The van der Waals surface area contributed by atoms with Gasteiger partial charge in [0.2, 0.25) is 0 Å². The number of anilines is 1. The van der Waals surface area contributed by atoms with Gasteiger partial charge in [0.25, 0.3) is 0 Å². The van der Waals surface area contributed by atoms with Crippen molar-refractivity contribution in [2.75, 3.05) is 11.9 Å². The lowest BCUT2D eigenvalue weighted by molar-refractivity contribution is 0.630. The first kappa shape index (κ1) is 14.7. The van der Waals surface area contributed by atoms with Crippen molar-refractivity contribution < 1.29 is 4.39 Å². The molecule has 0 fully saturated rings. The molecule has 2 aromatic rings. The molecule has 1 aromatic carbocycles. The number of hydrogen-bond acceptors (Lipinski definition) is 3. The van der Waals surface area contributed by atoms with E-state index in [1.54, 1.807) is 12.1 Å². The van der Waals surface area contributed by atoms with Crippen LogP contribution in [0.4, 0.5) is 10.2 Å². The van der Waals surface area contributed by atoms with E-state index < -0.39 is 0 Å². The molecule has 1 N–H and O–H groups in total. The minimum absolute atomic E-state index is 0.371. The van der Waals surface area contributed by atoms with E-state index in [0.29, 0.717) is 28.5 Å². The Labute approximate surface area is 123 Å². The number of nitrogens with one attached hydrogen (secondary N) is 1. The number of aromatic nitrogens is 2. The normalized spacial score (nSPS) is 10.7. The Morgan fingerprint density at radius 1 is 1.25 bits per heavy atom. The largest absolute Gasteiger partial charge is 0.370 e. The molecule has 1 heterocycles. The molecule has 0 aliphatic rings. The molecule has 0 spiro atoms. The molecule has 106 valence electrons. The van der Waals surface area contributed by atoms with Crippen molar-refractivity contribution >= 4 is 17.4 Å². The molecule has 0 saturated carbocycles. The average Bonchev–Trinajstić information content (AvgIpc) is 2.42. The third kappa shape index (κ3) is 2.90. The highest BCUT2D eigenvalue weighted by molar-refractivity contribution is 6.30. The Kier molecular flexibility index (Phi) is 4.55. The number of benzene rings is 1. The van der Waals surface area contributed by atoms with Gasteiger partial charge in [-0.1, -0.05) is 18.5 Å². The molecule has 20 heavy (non-hydrogen) atoms. The minimum Gasteiger partial charge on any atom is -0.370 e. The van der Waals surface area contributed by atoms with E-state index in [4.69, 9.17) is 11.6 Å². The number of aryl methyl sites for hydroxylation is 1. The van der Waals surface area contributed by atoms with Crippen molar-refractivity contribution in [1.29, 1.82) is 0 Å². The van der Waals surface area contributed by atoms with Crippen LogP contribution in [-0.2, 0) is 6.42 Å². The van der Waals surface area contributed by atoms with Crippen LogP contribution in [0.5, 0.6) is 0 Å². The van der Waals surface area contributed by atoms with Gasteiger partial charge in [-0.2, -0.15) is 0 Å². The highest BCUT2D eigenvalue weighted by Crippen LogP contribution is 2.29. The van der Waals surface area contributed by atoms with Crippen LogP contribution < -0.4 is 5.32 Å². The monoisotopic (exact) mass is 293 g/mol. The van der Waals surface area contributed by atoms with E-state index in [1.165, 1.54) is 6.07 Å². The summed E-state index contributed by atoms with van der Waals surface area (Å²) in [7, 11) is 0. The molecule has 0 saturated heterocycles. The van der Waals surface area contributed by atoms with E-state index in [2.05, 4.69) is 15.3 Å². The zero-order valence-corrected chi connectivity index (χ0v) is 12.6. The number of halogens is 2. The summed E-state index contributed by atoms with van der Waals surface area (Å²) < 4.78 is 14.1. The van der Waals surface area contributed by atoms with Gasteiger partial charge in [-0.3, -0.25) is 0 Å². The van der Waals surface area contributed by atoms with Crippen LogP contribution in [0.3, 0.4) is 0 Å². The van der Waals surface area contributed by atoms with Gasteiger partial charge in [0, 0.05) is 29.1 Å². The lowest BCUT2D eigenvalue weighted by Gasteiger charge is -2.13. The van der Waals surface area contributed by atoms with E-state index in [0.717, 1.165) is 17.9 Å². The summed E-state index contributed by atoms with van der Waals surface area (Å²) in [5.41, 5.74) is 1.90. The van der Waals surface area contributed by atoms with Crippen LogP contribution in [0, 0.1) is 12.7 Å². The highest BCUT2D eigenvalue weighted by atomic mass is 35.5. The standard InChI is InChI=1S/C15H17ClFN3/c1-4-13-19-14(9(3)15(20-13)18-5-2)11-7-6-10(16)8-12(11)17/h6-8H,4-5H2,1-3H3,(H,18,19,20). The first-order valence-corrected chi connectivity index (χ1v) is 7.01. The van der Waals surface area contributed by atoms with Crippen molar-refractivity contribution in [3.8, 4) is 11.3 Å². The van der Waals surface area contributed by atoms with E-state index in [9.17, 15) is 4.39 Å². The van der Waals surface area contributed by atoms with Crippen LogP contribution >= 0.6 is 11.6 Å². The zero-order valence-electron chi connectivity index (χ0n) is 11.8. The molecule has 5 heteroatoms. The smallest absolute Gasteiger partial charge is 0.134 e. The summed E-state index contributed by atoms with van der Waals surface area (Å²) in [4.78, 5) is 8.90. The molecular weight excluding hydrogens is 277 g/mol. The molecule has 0 unspecified atom stereocenters. The van der Waals surface area contributed by atoms with Crippen LogP contribution in [-0.4, -0.2) is 16.5 Å². The predicted molar refractivity (Wildman–Crippen MR) is 80.7 cm³/mol. The van der Waals surface area contributed by atoms with Crippen LogP contribution in [0.15, 0.2) is 18.2 Å². The first-order chi connectivity index (χ1) is 9.56. The van der Waals surface area contributed by atoms with E-state index in [-0.39, 0.29) is 5.82 Å². The Balaban J connectivity index is 2.62. The molecule has 1 aromatic heterocycles. The maximum absolute atomic E-state index is 14.1. The van der Waals surface area contributed by atoms with Gasteiger partial charge >= 0.3 is 0 Å². The third-order valence-electron chi connectivity index (χ3n) is 3.04. The van der Waals surface area contributed by atoms with Gasteiger partial charge in [-0.15, -0.1) is 0 Å². The van der Waals surface area contributed by atoms with Crippen molar-refractivity contribution in [3.63, 3.8) is 0 Å². The number of rotatable bonds is 4. The SMILES string of the molecule is CCNc1nc(CC)nc(-c2ccc(Cl)cc2F)c1C. The fraction of sp³-hybridized carbons (Fsp3) is 0.333. The Morgan fingerprint density at radius 2 is 2.00 bits per heavy atom. The lowest BCUT2D eigenvalue weighted by Crippen LogP contribution is -2.08. The molecule has 0 aliphatic heterocycles. The summed E-state index contributed by atoms with van der Waals surface area (Å²) in [6, 6.07) is 4.62. The van der Waals surface area contributed by atoms with Gasteiger partial charge in [0.05, 0.1) is 5.69 Å². The fourth-order valence-corrected chi connectivity index (χ4v) is 2.16. The summed E-state index contributed by atoms with van der Waals surface area (Å²) in [5.74, 6) is 1.07. The first-order valence-electron chi connectivity index (χ1n) is 6.63. The van der Waals surface area contributed by atoms with Gasteiger partial charge in [0.1, 0.15) is 17.5 Å². The van der Waals surface area contributed by atoms with Crippen molar-refractivity contribution in [3.05, 3.63) is 40.4 Å². The van der Waals surface area contributed by atoms with Crippen molar-refractivity contribution in [2.45, 2.75) is 27.2 Å². The molecule has 3 nitrogen and oxygen atoms in total. The molecule has 0 bridgehead atoms. The summed E-state index contributed by atoms with van der Waals surface area (Å²) in [6.07, 6.45) is 0.695. The molecule has 0 aliphatic carbocycles. The molecule has 0 radical (unpaired) electrons. The lowest BCUT2D eigenvalue weighted by atomic mass is 10.1. The summed E-state index contributed by atoms with van der Waals surface area (Å²) in [5, 5.41) is 3.57. The minimum atomic E-state index is -0.371. The Morgan fingerprint density at radius 3 is 2.60 bits per heavy atom. The van der Waals surface area contributed by atoms with Crippen molar-refractivity contribution in [1.82, 2.24) is 9.97 Å². The quantitative estimate of drug-likeness (QED) is 0.916. The number of nitrogens with zero attached hydrogens (tertiary/aromatic N) is 2. The Bertz CT molecular complexity index is 629. The van der Waals surface area contributed by atoms with Gasteiger partial charge in [-0.25, -0.2) is 14.4 Å². The van der Waals surface area contributed by atoms with Gasteiger partial charge < -0.3 is 5.32 Å². The fourth-order valence-electron chi connectivity index (χ4n) is 2.00. The average molecular weight is 294 g/mol. The molecule has 0 atom stereocenters. The van der Waals surface area contributed by atoms with Crippen LogP contribution in [0.25, 0.3) is 11.3 Å². The van der Waals surface area contributed by atoms with Gasteiger partial charge in [-0.05, 0) is 32.0 Å². The summed E-state index contributed by atoms with van der Waals surface area (Å²) >= 11 is 5.80. The highest BCUT2D eigenvalue weighted by Gasteiger charge is 2.15. The van der Waals surface area contributed by atoms with E-state index in [1.807, 2.05) is 20.8 Å². The number of hydrogen-bond donors (Lipinski definition) is 1. The topological polar surface area (TPSA) is 37.8 Å². The molecule has 0 amide bonds. The Hall–Kier alpha value is -1.68. The van der Waals surface area contributed by atoms with Gasteiger partial charge in [0.15, 0.2) is 0 Å². The third-order valence-corrected chi connectivity index (χ3v) is 3.27. The molecular formula is C15H17ClFN3. The van der Waals surface area contributed by atoms with Crippen LogP contribution in [0.2, 0.25) is 5.02 Å².